The first-order valence-electron chi connectivity index (χ1n) is 8.45. The summed E-state index contributed by atoms with van der Waals surface area (Å²) in [6.45, 7) is 0. The minimum Gasteiger partial charge on any atom is -0.336 e. The Bertz CT molecular complexity index is 1210. The van der Waals surface area contributed by atoms with Crippen LogP contribution in [-0.4, -0.2) is 14.1 Å². The molecule has 0 saturated heterocycles. The van der Waals surface area contributed by atoms with E-state index >= 15 is 0 Å². The Balaban J connectivity index is 1.97. The zero-order valence-electron chi connectivity index (χ0n) is 14.9. The molecule has 0 aliphatic carbocycles. The summed E-state index contributed by atoms with van der Waals surface area (Å²) in [6.07, 6.45) is 3.49. The Morgan fingerprint density at radius 2 is 1.89 bits per heavy atom. The van der Waals surface area contributed by atoms with Crippen LogP contribution in [0.1, 0.15) is 16.6 Å². The molecule has 0 fully saturated rings. The summed E-state index contributed by atoms with van der Waals surface area (Å²) < 4.78 is 3.54. The van der Waals surface area contributed by atoms with Gasteiger partial charge in [-0.2, -0.15) is 0 Å². The number of hydrogen-bond donors (Lipinski definition) is 0. The Morgan fingerprint density at radius 3 is 2.59 bits per heavy atom. The van der Waals surface area contributed by atoms with E-state index in [-0.39, 0.29) is 10.9 Å². The van der Waals surface area contributed by atoms with Crippen molar-refractivity contribution in [2.24, 2.45) is 14.1 Å². The lowest BCUT2D eigenvalue weighted by molar-refractivity contribution is 0.834. The van der Waals surface area contributed by atoms with Gasteiger partial charge in [0.15, 0.2) is 0 Å². The summed E-state index contributed by atoms with van der Waals surface area (Å²) in [7, 11) is 3.69. The van der Waals surface area contributed by atoms with Crippen molar-refractivity contribution in [1.29, 1.82) is 0 Å². The number of aryl methyl sites for hydroxylation is 2. The summed E-state index contributed by atoms with van der Waals surface area (Å²) >= 11 is 12.9. The summed E-state index contributed by atoms with van der Waals surface area (Å²) in [5.41, 5.74) is 4.36. The van der Waals surface area contributed by atoms with Gasteiger partial charge < -0.3 is 9.13 Å². The quantitative estimate of drug-likeness (QED) is 0.460. The smallest absolute Gasteiger partial charge is 0.251 e. The highest BCUT2D eigenvalue weighted by atomic mass is 35.5. The lowest BCUT2D eigenvalue weighted by Crippen LogP contribution is -2.16. The molecule has 0 bridgehead atoms. The first-order valence-corrected chi connectivity index (χ1v) is 9.27. The topological polar surface area (TPSA) is 39.8 Å². The summed E-state index contributed by atoms with van der Waals surface area (Å²) in [5, 5.41) is 1.23. The zero-order chi connectivity index (χ0) is 19.1. The third-order valence-electron chi connectivity index (χ3n) is 4.81. The van der Waals surface area contributed by atoms with E-state index in [2.05, 4.69) is 4.98 Å². The highest BCUT2D eigenvalue weighted by Gasteiger charge is 2.17. The third kappa shape index (κ3) is 3.15. The van der Waals surface area contributed by atoms with Gasteiger partial charge in [0.2, 0.25) is 0 Å². The van der Waals surface area contributed by atoms with Crippen molar-refractivity contribution >= 4 is 34.1 Å². The predicted molar refractivity (Wildman–Crippen MR) is 111 cm³/mol. The van der Waals surface area contributed by atoms with Gasteiger partial charge in [0.1, 0.15) is 5.38 Å². The Kier molecular flexibility index (Phi) is 4.54. The van der Waals surface area contributed by atoms with E-state index in [4.69, 9.17) is 23.2 Å². The molecule has 4 nitrogen and oxygen atoms in total. The van der Waals surface area contributed by atoms with Crippen LogP contribution in [0.15, 0.2) is 65.8 Å². The maximum atomic E-state index is 12.5. The van der Waals surface area contributed by atoms with Crippen LogP contribution in [0.25, 0.3) is 22.0 Å². The van der Waals surface area contributed by atoms with Crippen LogP contribution in [0.5, 0.6) is 0 Å². The van der Waals surface area contributed by atoms with Crippen molar-refractivity contribution in [1.82, 2.24) is 14.1 Å². The van der Waals surface area contributed by atoms with Crippen molar-refractivity contribution in [2.75, 3.05) is 0 Å². The molecule has 1 unspecified atom stereocenters. The van der Waals surface area contributed by atoms with Gasteiger partial charge in [-0.15, -0.1) is 11.6 Å². The van der Waals surface area contributed by atoms with Gasteiger partial charge in [0, 0.05) is 36.8 Å². The van der Waals surface area contributed by atoms with Gasteiger partial charge in [0.05, 0.1) is 17.5 Å². The maximum Gasteiger partial charge on any atom is 0.251 e. The lowest BCUT2D eigenvalue weighted by Gasteiger charge is -2.15. The predicted octanol–water partition coefficient (Wildman–Crippen LogP) is 4.92. The largest absolute Gasteiger partial charge is 0.336 e. The normalized spacial score (nSPS) is 12.4. The van der Waals surface area contributed by atoms with Gasteiger partial charge in [-0.3, -0.25) is 4.79 Å². The van der Waals surface area contributed by atoms with Crippen LogP contribution >= 0.6 is 23.2 Å². The van der Waals surface area contributed by atoms with Crippen LogP contribution in [0, 0.1) is 0 Å². The maximum absolute atomic E-state index is 12.5. The molecule has 2 heterocycles. The van der Waals surface area contributed by atoms with Gasteiger partial charge in [-0.25, -0.2) is 4.98 Å². The highest BCUT2D eigenvalue weighted by molar-refractivity contribution is 6.31. The molecule has 4 rings (SSSR count). The van der Waals surface area contributed by atoms with Crippen molar-refractivity contribution in [3.63, 3.8) is 0 Å². The van der Waals surface area contributed by atoms with Gasteiger partial charge in [-0.05, 0) is 41.0 Å². The third-order valence-corrected chi connectivity index (χ3v) is 5.52. The Morgan fingerprint density at radius 1 is 1.07 bits per heavy atom. The number of fused-ring (bicyclic) bond motifs is 1. The standard InChI is InChI=1S/C21H17Cl2N3O/c1-25-12-24-11-19(25)21(23)14-6-7-18-17(9-14)16(10-20(27)26(18)2)13-4-3-5-15(22)8-13/h3-12,21H,1-2H3. The molecule has 0 aliphatic rings. The number of hydrogen-bond acceptors (Lipinski definition) is 2. The van der Waals surface area contributed by atoms with E-state index in [9.17, 15) is 4.79 Å². The highest BCUT2D eigenvalue weighted by Crippen LogP contribution is 2.34. The fraction of sp³-hybridized carbons (Fsp3) is 0.143. The molecule has 0 amide bonds. The molecular formula is C21H17Cl2N3O. The molecular weight excluding hydrogens is 381 g/mol. The van der Waals surface area contributed by atoms with Crippen molar-refractivity contribution in [2.45, 2.75) is 5.38 Å². The molecule has 6 heteroatoms. The number of aromatic nitrogens is 3. The molecule has 27 heavy (non-hydrogen) atoms. The number of imidazole rings is 1. The fourth-order valence-corrected chi connectivity index (χ4v) is 3.85. The minimum atomic E-state index is -0.341. The molecule has 0 N–H and O–H groups in total. The van der Waals surface area contributed by atoms with Crippen molar-refractivity contribution < 1.29 is 0 Å². The minimum absolute atomic E-state index is 0.0701. The summed E-state index contributed by atoms with van der Waals surface area (Å²) in [5.74, 6) is 0. The second-order valence-corrected chi connectivity index (χ2v) is 7.41. The van der Waals surface area contributed by atoms with E-state index in [0.29, 0.717) is 5.02 Å². The fourth-order valence-electron chi connectivity index (χ4n) is 3.31. The number of rotatable bonds is 3. The van der Waals surface area contributed by atoms with Crippen LogP contribution in [0.3, 0.4) is 0 Å². The zero-order valence-corrected chi connectivity index (χ0v) is 16.4. The number of pyridine rings is 1. The lowest BCUT2D eigenvalue weighted by atomic mass is 9.98. The van der Waals surface area contributed by atoms with E-state index in [1.54, 1.807) is 30.2 Å². The van der Waals surface area contributed by atoms with Crippen molar-refractivity contribution in [3.8, 4) is 11.1 Å². The molecule has 136 valence electrons. The second-order valence-electron chi connectivity index (χ2n) is 6.53. The molecule has 0 saturated carbocycles. The molecule has 0 aliphatic heterocycles. The molecule has 0 radical (unpaired) electrons. The molecule has 2 aromatic heterocycles. The Hall–Kier alpha value is -2.56. The monoisotopic (exact) mass is 397 g/mol. The van der Waals surface area contributed by atoms with Crippen molar-refractivity contribution in [3.05, 3.63) is 87.7 Å². The van der Waals surface area contributed by atoms with E-state index in [0.717, 1.165) is 33.3 Å². The number of halogens is 2. The molecule has 2 aromatic carbocycles. The van der Waals surface area contributed by atoms with Crippen LogP contribution < -0.4 is 5.56 Å². The van der Waals surface area contributed by atoms with Crippen LogP contribution in [0.2, 0.25) is 5.02 Å². The van der Waals surface area contributed by atoms with Crippen LogP contribution in [-0.2, 0) is 14.1 Å². The average molecular weight is 398 g/mol. The summed E-state index contributed by atoms with van der Waals surface area (Å²) in [6, 6.07) is 15.1. The first-order chi connectivity index (χ1) is 13.0. The Labute approximate surface area is 166 Å². The van der Waals surface area contributed by atoms with Gasteiger partial charge in [0.25, 0.3) is 5.56 Å². The number of benzene rings is 2. The molecule has 0 spiro atoms. The number of alkyl halides is 1. The average Bonchev–Trinajstić information content (AvgIpc) is 3.09. The second kappa shape index (κ2) is 6.87. The van der Waals surface area contributed by atoms with Crippen LogP contribution in [0.4, 0.5) is 0 Å². The number of nitrogens with zero attached hydrogens (tertiary/aromatic N) is 3. The van der Waals surface area contributed by atoms with Gasteiger partial charge in [-0.1, -0.05) is 29.8 Å². The molecule has 4 aromatic rings. The van der Waals surface area contributed by atoms with E-state index < -0.39 is 0 Å². The van der Waals surface area contributed by atoms with E-state index in [1.165, 1.54) is 0 Å². The summed E-state index contributed by atoms with van der Waals surface area (Å²) in [4.78, 5) is 16.6. The molecule has 1 atom stereocenters. The first kappa shape index (κ1) is 17.8. The SMILES string of the molecule is Cn1cncc1C(Cl)c1ccc2c(c1)c(-c1cccc(Cl)c1)cc(=O)n2C. The van der Waals surface area contributed by atoms with E-state index in [1.807, 2.05) is 54.1 Å². The van der Waals surface area contributed by atoms with Gasteiger partial charge >= 0.3 is 0 Å².